The molecule has 0 heterocycles. The Balaban J connectivity index is 2.14. The molecule has 1 fully saturated rings. The van der Waals surface area contributed by atoms with Crippen molar-refractivity contribution in [2.24, 2.45) is 0 Å². The SMILES string of the molecule is COC1CCC(O[I-]I)CC1. The molecular formula is C7H13I2O2-. The summed E-state index contributed by atoms with van der Waals surface area (Å²) in [5.74, 6) is 0. The van der Waals surface area contributed by atoms with Gasteiger partial charge in [0.15, 0.2) is 0 Å². The van der Waals surface area contributed by atoms with Crippen LogP contribution in [0.15, 0.2) is 0 Å². The predicted octanol–water partition coefficient (Wildman–Crippen LogP) is -0.685. The van der Waals surface area contributed by atoms with Crippen molar-refractivity contribution in [2.45, 2.75) is 37.9 Å². The molecule has 11 heavy (non-hydrogen) atoms. The summed E-state index contributed by atoms with van der Waals surface area (Å²) in [4.78, 5) is 0. The van der Waals surface area contributed by atoms with Gasteiger partial charge in [-0.15, -0.1) is 0 Å². The van der Waals surface area contributed by atoms with Gasteiger partial charge >= 0.3 is 89.1 Å². The quantitative estimate of drug-likeness (QED) is 0.602. The van der Waals surface area contributed by atoms with E-state index in [-0.39, 0.29) is 17.6 Å². The first-order valence-electron chi connectivity index (χ1n) is 3.81. The molecule has 1 rings (SSSR count). The Hall–Kier alpha value is 1.38. The van der Waals surface area contributed by atoms with E-state index in [1.54, 1.807) is 7.11 Å². The Morgan fingerprint density at radius 2 is 1.73 bits per heavy atom. The first-order chi connectivity index (χ1) is 5.36. The van der Waals surface area contributed by atoms with Gasteiger partial charge in [0.1, 0.15) is 0 Å². The monoisotopic (exact) mass is 383 g/mol. The number of methoxy groups -OCH3 is 1. The molecular weight excluding hydrogens is 370 g/mol. The summed E-state index contributed by atoms with van der Waals surface area (Å²) in [5, 5.41) is 0. The van der Waals surface area contributed by atoms with Crippen molar-refractivity contribution in [3.05, 3.63) is 0 Å². The van der Waals surface area contributed by atoms with E-state index in [9.17, 15) is 0 Å². The van der Waals surface area contributed by atoms with Crippen LogP contribution in [0.5, 0.6) is 0 Å². The van der Waals surface area contributed by atoms with Gasteiger partial charge in [-0.05, 0) is 0 Å². The van der Waals surface area contributed by atoms with Crippen LogP contribution in [0.2, 0.25) is 0 Å². The molecule has 0 amide bonds. The third-order valence-corrected chi connectivity index (χ3v) is 4.31. The van der Waals surface area contributed by atoms with Gasteiger partial charge in [-0.3, -0.25) is 0 Å². The van der Waals surface area contributed by atoms with E-state index in [2.05, 4.69) is 18.6 Å². The van der Waals surface area contributed by atoms with Crippen LogP contribution in [-0.2, 0) is 7.80 Å². The fourth-order valence-electron chi connectivity index (χ4n) is 1.40. The predicted molar refractivity (Wildman–Crippen MR) is 48.2 cm³/mol. The van der Waals surface area contributed by atoms with Crippen molar-refractivity contribution in [3.8, 4) is 0 Å². The summed E-state index contributed by atoms with van der Waals surface area (Å²) < 4.78 is 10.9. The van der Waals surface area contributed by atoms with Gasteiger partial charge in [0, 0.05) is 0 Å². The molecule has 68 valence electrons. The van der Waals surface area contributed by atoms with Gasteiger partial charge in [-0.1, -0.05) is 0 Å². The summed E-state index contributed by atoms with van der Waals surface area (Å²) in [6, 6.07) is 0. The summed E-state index contributed by atoms with van der Waals surface area (Å²) in [7, 11) is 1.80. The number of ether oxygens (including phenoxy) is 1. The average Bonchev–Trinajstić information content (AvgIpc) is 2.07. The molecule has 0 aromatic rings. The second-order valence-electron chi connectivity index (χ2n) is 2.78. The zero-order valence-electron chi connectivity index (χ0n) is 6.56. The van der Waals surface area contributed by atoms with Crippen LogP contribution >= 0.6 is 18.6 Å². The Kier molecular flexibility index (Phi) is 5.64. The Labute approximate surface area is 88.4 Å². The molecule has 0 spiro atoms. The van der Waals surface area contributed by atoms with E-state index in [0.29, 0.717) is 12.2 Å². The van der Waals surface area contributed by atoms with E-state index < -0.39 is 0 Å². The van der Waals surface area contributed by atoms with E-state index >= 15 is 0 Å². The fourth-order valence-corrected chi connectivity index (χ4v) is 4.01. The maximum absolute atomic E-state index is 5.62. The molecule has 0 aromatic heterocycles. The standard InChI is InChI=1S/C7H13I2O2/c1-10-6-2-4-7(5-3-6)11-9-8/h6-7H,2-5H2,1H3/q-1. The second kappa shape index (κ2) is 5.93. The molecule has 0 unspecified atom stereocenters. The van der Waals surface area contributed by atoms with Crippen molar-refractivity contribution in [1.82, 2.24) is 0 Å². The van der Waals surface area contributed by atoms with Crippen molar-refractivity contribution >= 4 is 18.6 Å². The van der Waals surface area contributed by atoms with Crippen LogP contribution < -0.4 is 17.6 Å². The molecule has 1 aliphatic rings. The van der Waals surface area contributed by atoms with Gasteiger partial charge < -0.3 is 0 Å². The molecule has 1 aliphatic carbocycles. The molecule has 0 radical (unpaired) electrons. The van der Waals surface area contributed by atoms with Crippen LogP contribution in [0.4, 0.5) is 0 Å². The number of hydrogen-bond acceptors (Lipinski definition) is 2. The Morgan fingerprint density at radius 3 is 2.18 bits per heavy atom. The molecule has 0 saturated heterocycles. The topological polar surface area (TPSA) is 18.5 Å². The summed E-state index contributed by atoms with van der Waals surface area (Å²) in [5.41, 5.74) is 0. The van der Waals surface area contributed by atoms with E-state index in [1.165, 1.54) is 25.7 Å². The first-order valence-corrected chi connectivity index (χ1v) is 11.0. The van der Waals surface area contributed by atoms with Crippen LogP contribution in [0.25, 0.3) is 0 Å². The van der Waals surface area contributed by atoms with Crippen molar-refractivity contribution in [1.29, 1.82) is 0 Å². The van der Waals surface area contributed by atoms with Crippen molar-refractivity contribution in [2.75, 3.05) is 7.11 Å². The zero-order valence-corrected chi connectivity index (χ0v) is 10.9. The molecule has 0 atom stereocenters. The van der Waals surface area contributed by atoms with E-state index in [1.807, 2.05) is 0 Å². The van der Waals surface area contributed by atoms with Gasteiger partial charge in [-0.2, -0.15) is 0 Å². The normalized spacial score (nSPS) is 32.5. The number of hydrogen-bond donors (Lipinski definition) is 0. The first kappa shape index (κ1) is 10.5. The minimum absolute atomic E-state index is 0.00765. The third kappa shape index (κ3) is 3.73. The number of halogens is 2. The molecule has 0 aliphatic heterocycles. The van der Waals surface area contributed by atoms with Gasteiger partial charge in [0.25, 0.3) is 0 Å². The summed E-state index contributed by atoms with van der Waals surface area (Å²) >= 11 is 2.35. The van der Waals surface area contributed by atoms with Gasteiger partial charge in [-0.25, -0.2) is 0 Å². The molecule has 0 aromatic carbocycles. The van der Waals surface area contributed by atoms with Gasteiger partial charge in [0.2, 0.25) is 0 Å². The van der Waals surface area contributed by atoms with Crippen LogP contribution in [0.3, 0.4) is 0 Å². The molecule has 2 nitrogen and oxygen atoms in total. The Bertz CT molecular complexity index is 103. The van der Waals surface area contributed by atoms with Crippen LogP contribution in [0, 0.1) is 0 Å². The van der Waals surface area contributed by atoms with Crippen LogP contribution in [0.1, 0.15) is 25.7 Å². The average molecular weight is 383 g/mol. The minimum atomic E-state index is -0.00765. The fraction of sp³-hybridized carbons (Fsp3) is 1.00. The van der Waals surface area contributed by atoms with Gasteiger partial charge in [0.05, 0.1) is 0 Å². The molecule has 1 saturated carbocycles. The molecule has 0 bridgehead atoms. The molecule has 0 N–H and O–H groups in total. The van der Waals surface area contributed by atoms with Crippen molar-refractivity contribution < 1.29 is 25.4 Å². The second-order valence-corrected chi connectivity index (χ2v) is 5.86. The van der Waals surface area contributed by atoms with Crippen LogP contribution in [-0.4, -0.2) is 19.3 Å². The third-order valence-electron chi connectivity index (χ3n) is 2.11. The van der Waals surface area contributed by atoms with E-state index in [4.69, 9.17) is 7.80 Å². The van der Waals surface area contributed by atoms with E-state index in [0.717, 1.165) is 0 Å². The summed E-state index contributed by atoms with van der Waals surface area (Å²) in [6.45, 7) is 0. The maximum atomic E-state index is 5.62. The molecule has 4 heteroatoms. The van der Waals surface area contributed by atoms with Crippen molar-refractivity contribution in [3.63, 3.8) is 0 Å². The Morgan fingerprint density at radius 1 is 1.18 bits per heavy atom. The summed E-state index contributed by atoms with van der Waals surface area (Å²) in [6.07, 6.45) is 5.80. The number of rotatable bonds is 3. The zero-order chi connectivity index (χ0) is 8.10.